The average molecular weight is 361 g/mol. The lowest BCUT2D eigenvalue weighted by atomic mass is 9.85. The van der Waals surface area contributed by atoms with Crippen LogP contribution in [0.4, 0.5) is 14.9 Å². The molecule has 0 fully saturated rings. The summed E-state index contributed by atoms with van der Waals surface area (Å²) in [6.07, 6.45) is -0.179. The second-order valence-electron chi connectivity index (χ2n) is 5.74. The Morgan fingerprint density at radius 1 is 1.38 bits per heavy atom. The number of hydrogen-bond acceptors (Lipinski definition) is 2. The molecule has 0 radical (unpaired) electrons. The van der Waals surface area contributed by atoms with Crippen LogP contribution in [-0.4, -0.2) is 23.1 Å². The lowest BCUT2D eigenvalue weighted by Crippen LogP contribution is -2.46. The molecule has 116 valence electrons. The minimum absolute atomic E-state index is 0.179. The highest BCUT2D eigenvalue weighted by Crippen LogP contribution is 2.24. The highest BCUT2D eigenvalue weighted by atomic mass is 79.9. The van der Waals surface area contributed by atoms with E-state index in [1.165, 1.54) is 18.2 Å². The van der Waals surface area contributed by atoms with Gasteiger partial charge >= 0.3 is 12.0 Å². The summed E-state index contributed by atoms with van der Waals surface area (Å²) in [5, 5.41) is 14.1. The molecule has 0 bridgehead atoms. The highest BCUT2D eigenvalue weighted by molar-refractivity contribution is 9.10. The first-order valence-electron chi connectivity index (χ1n) is 6.34. The van der Waals surface area contributed by atoms with Crippen molar-refractivity contribution in [2.45, 2.75) is 33.2 Å². The minimum atomic E-state index is -0.988. The van der Waals surface area contributed by atoms with E-state index in [0.29, 0.717) is 10.2 Å². The van der Waals surface area contributed by atoms with Gasteiger partial charge in [-0.1, -0.05) is 20.8 Å². The number of carboxylic acids is 1. The van der Waals surface area contributed by atoms with Gasteiger partial charge in [0.1, 0.15) is 5.82 Å². The molecule has 7 heteroatoms. The maximum Gasteiger partial charge on any atom is 0.319 e. The molecular weight excluding hydrogens is 343 g/mol. The van der Waals surface area contributed by atoms with Crippen LogP contribution in [0.3, 0.4) is 0 Å². The first kappa shape index (κ1) is 17.4. The van der Waals surface area contributed by atoms with Gasteiger partial charge in [0.2, 0.25) is 0 Å². The second-order valence-corrected chi connectivity index (χ2v) is 6.59. The fourth-order valence-electron chi connectivity index (χ4n) is 1.66. The van der Waals surface area contributed by atoms with E-state index in [2.05, 4.69) is 26.6 Å². The molecule has 1 rings (SSSR count). The van der Waals surface area contributed by atoms with E-state index in [4.69, 9.17) is 5.11 Å². The number of urea groups is 1. The Labute approximate surface area is 131 Å². The van der Waals surface area contributed by atoms with Gasteiger partial charge in [0.05, 0.1) is 12.1 Å². The van der Waals surface area contributed by atoms with Crippen molar-refractivity contribution in [3.8, 4) is 0 Å². The summed E-state index contributed by atoms with van der Waals surface area (Å²) in [6.45, 7) is 5.53. The lowest BCUT2D eigenvalue weighted by Gasteiger charge is -2.30. The van der Waals surface area contributed by atoms with E-state index in [1.54, 1.807) is 0 Å². The Kier molecular flexibility index (Phi) is 5.71. The molecule has 3 N–H and O–H groups in total. The monoisotopic (exact) mass is 360 g/mol. The van der Waals surface area contributed by atoms with Crippen molar-refractivity contribution in [3.63, 3.8) is 0 Å². The summed E-state index contributed by atoms with van der Waals surface area (Å²) in [4.78, 5) is 22.8. The Balaban J connectivity index is 2.76. The van der Waals surface area contributed by atoms with Gasteiger partial charge in [0.25, 0.3) is 0 Å². The van der Waals surface area contributed by atoms with Crippen molar-refractivity contribution < 1.29 is 19.1 Å². The number of rotatable bonds is 4. The summed E-state index contributed by atoms with van der Waals surface area (Å²) < 4.78 is 13.4. The van der Waals surface area contributed by atoms with Gasteiger partial charge in [-0.3, -0.25) is 4.79 Å². The average Bonchev–Trinajstić information content (AvgIpc) is 2.30. The fourth-order valence-corrected chi connectivity index (χ4v) is 2.11. The van der Waals surface area contributed by atoms with Crippen molar-refractivity contribution in [2.75, 3.05) is 5.32 Å². The van der Waals surface area contributed by atoms with Gasteiger partial charge in [-0.2, -0.15) is 0 Å². The Morgan fingerprint density at radius 2 is 2.00 bits per heavy atom. The number of nitrogens with one attached hydrogen (secondary N) is 2. The van der Waals surface area contributed by atoms with Gasteiger partial charge in [0, 0.05) is 10.5 Å². The van der Waals surface area contributed by atoms with Crippen molar-refractivity contribution in [1.82, 2.24) is 5.32 Å². The van der Waals surface area contributed by atoms with Gasteiger partial charge in [-0.15, -0.1) is 0 Å². The molecule has 5 nitrogen and oxygen atoms in total. The van der Waals surface area contributed by atoms with Crippen LogP contribution in [0.15, 0.2) is 22.7 Å². The number of hydrogen-bond donors (Lipinski definition) is 3. The van der Waals surface area contributed by atoms with E-state index in [-0.39, 0.29) is 6.42 Å². The summed E-state index contributed by atoms with van der Waals surface area (Å²) in [5.74, 6) is -1.41. The first-order valence-corrected chi connectivity index (χ1v) is 7.13. The molecule has 1 unspecified atom stereocenters. The molecule has 21 heavy (non-hydrogen) atoms. The molecule has 0 aliphatic heterocycles. The number of benzene rings is 1. The topological polar surface area (TPSA) is 78.4 Å². The zero-order chi connectivity index (χ0) is 16.2. The molecule has 1 aromatic rings. The van der Waals surface area contributed by atoms with Gasteiger partial charge in [-0.05, 0) is 39.5 Å². The van der Waals surface area contributed by atoms with E-state index in [9.17, 15) is 14.0 Å². The van der Waals surface area contributed by atoms with Crippen molar-refractivity contribution in [1.29, 1.82) is 0 Å². The largest absolute Gasteiger partial charge is 0.481 e. The van der Waals surface area contributed by atoms with E-state index >= 15 is 0 Å². The summed E-state index contributed by atoms with van der Waals surface area (Å²) in [6, 6.07) is 2.80. The molecule has 0 heterocycles. The highest BCUT2D eigenvalue weighted by Gasteiger charge is 2.28. The molecule has 0 aromatic heterocycles. The summed E-state index contributed by atoms with van der Waals surface area (Å²) in [7, 11) is 0. The Hall–Kier alpha value is -1.63. The lowest BCUT2D eigenvalue weighted by molar-refractivity contribution is -0.138. The van der Waals surface area contributed by atoms with Crippen molar-refractivity contribution in [3.05, 3.63) is 28.5 Å². The molecular formula is C14H18BrFN2O3. The van der Waals surface area contributed by atoms with Crippen LogP contribution in [0.2, 0.25) is 0 Å². The number of halogens is 2. The Bertz CT molecular complexity index is 544. The van der Waals surface area contributed by atoms with Crippen LogP contribution < -0.4 is 10.6 Å². The number of anilines is 1. The van der Waals surface area contributed by atoms with E-state index in [1.807, 2.05) is 20.8 Å². The predicted octanol–water partition coefficient (Wildman–Crippen LogP) is 3.60. The molecule has 2 amide bonds. The third-order valence-corrected chi connectivity index (χ3v) is 3.56. The molecule has 0 spiro atoms. The van der Waals surface area contributed by atoms with Crippen LogP contribution in [0.1, 0.15) is 27.2 Å². The van der Waals surface area contributed by atoms with Crippen LogP contribution in [0, 0.1) is 11.2 Å². The van der Waals surface area contributed by atoms with E-state index in [0.717, 1.165) is 0 Å². The molecule has 1 atom stereocenters. The smallest absolute Gasteiger partial charge is 0.319 e. The molecule has 1 aromatic carbocycles. The molecule has 0 saturated carbocycles. The zero-order valence-electron chi connectivity index (χ0n) is 12.0. The Morgan fingerprint density at radius 3 is 2.48 bits per heavy atom. The SMILES string of the molecule is CC(C)(C)C(CC(=O)O)NC(=O)Nc1ccc(F)cc1Br. The number of carbonyl (C=O) groups excluding carboxylic acids is 1. The summed E-state index contributed by atoms with van der Waals surface area (Å²) in [5.41, 5.74) is -0.00709. The normalized spacial score (nSPS) is 12.6. The maximum atomic E-state index is 13.0. The van der Waals surface area contributed by atoms with Gasteiger partial charge in [0.15, 0.2) is 0 Å². The van der Waals surface area contributed by atoms with Crippen LogP contribution in [0.5, 0.6) is 0 Å². The molecule has 0 saturated heterocycles. The third-order valence-electron chi connectivity index (χ3n) is 2.91. The zero-order valence-corrected chi connectivity index (χ0v) is 13.6. The van der Waals surface area contributed by atoms with Crippen molar-refractivity contribution in [2.24, 2.45) is 5.41 Å². The fraction of sp³-hybridized carbons (Fsp3) is 0.429. The molecule has 0 aliphatic carbocycles. The number of carboxylic acid groups (broad SMARTS) is 1. The van der Waals surface area contributed by atoms with Crippen molar-refractivity contribution >= 4 is 33.6 Å². The quantitative estimate of drug-likeness (QED) is 0.767. The van der Waals surface area contributed by atoms with E-state index < -0.39 is 29.3 Å². The minimum Gasteiger partial charge on any atom is -0.481 e. The standard InChI is InChI=1S/C14H18BrFN2O3/c1-14(2,3)11(7-12(19)20)18-13(21)17-10-5-4-8(16)6-9(10)15/h4-6,11H,7H2,1-3H3,(H,19,20)(H2,17,18,21). The predicted molar refractivity (Wildman–Crippen MR) is 81.8 cm³/mol. The van der Waals surface area contributed by atoms with Gasteiger partial charge < -0.3 is 15.7 Å². The van der Waals surface area contributed by atoms with Crippen LogP contribution in [0.25, 0.3) is 0 Å². The second kappa shape index (κ2) is 6.89. The third kappa shape index (κ3) is 5.71. The number of amides is 2. The summed E-state index contributed by atoms with van der Waals surface area (Å²) >= 11 is 3.15. The first-order chi connectivity index (χ1) is 9.59. The van der Waals surface area contributed by atoms with Crippen LogP contribution >= 0.6 is 15.9 Å². The molecule has 0 aliphatic rings. The number of carbonyl (C=O) groups is 2. The maximum absolute atomic E-state index is 13.0. The van der Waals surface area contributed by atoms with Gasteiger partial charge in [-0.25, -0.2) is 9.18 Å². The number of aliphatic carboxylic acids is 1. The van der Waals surface area contributed by atoms with Crippen LogP contribution in [-0.2, 0) is 4.79 Å².